The molecule has 1 aliphatic rings. The SMILES string of the molecule is N#Cc1ccccc1C(=O)N1CCC[C@@H](C(=O)CCc2ccccc2)C1. The Morgan fingerprint density at radius 3 is 2.58 bits per heavy atom. The lowest BCUT2D eigenvalue weighted by atomic mass is 9.90. The second-order valence-corrected chi connectivity index (χ2v) is 6.70. The molecule has 0 unspecified atom stereocenters. The number of carbonyl (C=O) groups is 2. The molecule has 0 aromatic heterocycles. The number of likely N-dealkylation sites (tertiary alicyclic amines) is 1. The van der Waals surface area contributed by atoms with Gasteiger partial charge in [-0.2, -0.15) is 5.26 Å². The minimum Gasteiger partial charge on any atom is -0.338 e. The van der Waals surface area contributed by atoms with E-state index in [-0.39, 0.29) is 17.6 Å². The highest BCUT2D eigenvalue weighted by Gasteiger charge is 2.29. The molecular weight excluding hydrogens is 324 g/mol. The first-order chi connectivity index (χ1) is 12.7. The summed E-state index contributed by atoms with van der Waals surface area (Å²) in [6, 6.07) is 18.9. The molecule has 0 N–H and O–H groups in total. The zero-order valence-corrected chi connectivity index (χ0v) is 14.7. The number of amides is 1. The van der Waals surface area contributed by atoms with E-state index < -0.39 is 0 Å². The molecule has 0 radical (unpaired) electrons. The van der Waals surface area contributed by atoms with Crippen LogP contribution in [-0.4, -0.2) is 29.7 Å². The molecule has 26 heavy (non-hydrogen) atoms. The molecule has 0 saturated carbocycles. The van der Waals surface area contributed by atoms with E-state index in [9.17, 15) is 14.9 Å². The van der Waals surface area contributed by atoms with Crippen LogP contribution in [0.25, 0.3) is 0 Å². The van der Waals surface area contributed by atoms with E-state index in [1.165, 1.54) is 0 Å². The van der Waals surface area contributed by atoms with Crippen LogP contribution in [0.5, 0.6) is 0 Å². The second-order valence-electron chi connectivity index (χ2n) is 6.70. The molecule has 4 heteroatoms. The Balaban J connectivity index is 1.62. The highest BCUT2D eigenvalue weighted by Crippen LogP contribution is 2.22. The first kappa shape index (κ1) is 17.9. The highest BCUT2D eigenvalue weighted by molar-refractivity contribution is 5.97. The minimum atomic E-state index is -0.150. The Hall–Kier alpha value is -2.93. The number of aryl methyl sites for hydroxylation is 1. The van der Waals surface area contributed by atoms with Gasteiger partial charge in [0.15, 0.2) is 0 Å². The molecule has 1 heterocycles. The molecule has 3 rings (SSSR count). The summed E-state index contributed by atoms with van der Waals surface area (Å²) < 4.78 is 0. The van der Waals surface area contributed by atoms with Crippen molar-refractivity contribution in [2.45, 2.75) is 25.7 Å². The lowest BCUT2D eigenvalue weighted by Crippen LogP contribution is -2.42. The zero-order chi connectivity index (χ0) is 18.4. The molecule has 1 saturated heterocycles. The summed E-state index contributed by atoms with van der Waals surface area (Å²) in [5.41, 5.74) is 1.97. The molecule has 132 valence electrons. The highest BCUT2D eigenvalue weighted by atomic mass is 16.2. The third-order valence-corrected chi connectivity index (χ3v) is 4.94. The van der Waals surface area contributed by atoms with E-state index in [2.05, 4.69) is 6.07 Å². The Morgan fingerprint density at radius 2 is 1.81 bits per heavy atom. The number of nitrogens with zero attached hydrogens (tertiary/aromatic N) is 2. The van der Waals surface area contributed by atoms with Gasteiger partial charge < -0.3 is 4.90 Å². The van der Waals surface area contributed by atoms with Crippen LogP contribution in [0.15, 0.2) is 54.6 Å². The average molecular weight is 346 g/mol. The molecule has 0 spiro atoms. The molecule has 0 bridgehead atoms. The maximum Gasteiger partial charge on any atom is 0.255 e. The van der Waals surface area contributed by atoms with Crippen molar-refractivity contribution in [1.29, 1.82) is 5.26 Å². The predicted octanol–water partition coefficient (Wildman–Crippen LogP) is 3.61. The number of benzene rings is 2. The van der Waals surface area contributed by atoms with Crippen molar-refractivity contribution in [3.8, 4) is 6.07 Å². The van der Waals surface area contributed by atoms with Crippen LogP contribution in [0.3, 0.4) is 0 Å². The summed E-state index contributed by atoms with van der Waals surface area (Å²) in [7, 11) is 0. The molecule has 1 aliphatic heterocycles. The average Bonchev–Trinajstić information content (AvgIpc) is 2.72. The van der Waals surface area contributed by atoms with Crippen LogP contribution in [0.2, 0.25) is 0 Å². The fraction of sp³-hybridized carbons (Fsp3) is 0.318. The second kappa shape index (κ2) is 8.44. The van der Waals surface area contributed by atoms with E-state index in [0.717, 1.165) is 24.8 Å². The van der Waals surface area contributed by atoms with Gasteiger partial charge >= 0.3 is 0 Å². The van der Waals surface area contributed by atoms with Crippen molar-refractivity contribution in [1.82, 2.24) is 4.90 Å². The number of rotatable bonds is 5. The van der Waals surface area contributed by atoms with Gasteiger partial charge in [0, 0.05) is 25.4 Å². The summed E-state index contributed by atoms with van der Waals surface area (Å²) in [5.74, 6) is -0.0340. The van der Waals surface area contributed by atoms with E-state index in [1.807, 2.05) is 30.3 Å². The van der Waals surface area contributed by atoms with Crippen molar-refractivity contribution in [3.63, 3.8) is 0 Å². The van der Waals surface area contributed by atoms with Crippen LogP contribution in [0.1, 0.15) is 40.7 Å². The smallest absolute Gasteiger partial charge is 0.255 e. The summed E-state index contributed by atoms with van der Waals surface area (Å²) in [4.78, 5) is 27.1. The third kappa shape index (κ3) is 4.18. The van der Waals surface area contributed by atoms with Gasteiger partial charge in [0.25, 0.3) is 5.91 Å². The maximum absolute atomic E-state index is 12.8. The van der Waals surface area contributed by atoms with Crippen LogP contribution < -0.4 is 0 Å². The Morgan fingerprint density at radius 1 is 1.08 bits per heavy atom. The van der Waals surface area contributed by atoms with Crippen molar-refractivity contribution in [3.05, 3.63) is 71.3 Å². The number of carbonyl (C=O) groups excluding carboxylic acids is 2. The largest absolute Gasteiger partial charge is 0.338 e. The van der Waals surface area contributed by atoms with Gasteiger partial charge in [-0.3, -0.25) is 9.59 Å². The van der Waals surface area contributed by atoms with E-state index in [4.69, 9.17) is 0 Å². The standard InChI is InChI=1S/C22H22N2O2/c23-15-18-9-4-5-11-20(18)22(26)24-14-6-10-19(16-24)21(25)13-12-17-7-2-1-3-8-17/h1-5,7-9,11,19H,6,10,12-14,16H2/t19-/m1/s1. The lowest BCUT2D eigenvalue weighted by Gasteiger charge is -2.32. The summed E-state index contributed by atoms with van der Waals surface area (Å²) in [6.45, 7) is 1.09. The lowest BCUT2D eigenvalue weighted by molar-refractivity contribution is -0.124. The number of piperidine rings is 1. The monoisotopic (exact) mass is 346 g/mol. The van der Waals surface area contributed by atoms with Crippen molar-refractivity contribution >= 4 is 11.7 Å². The molecular formula is C22H22N2O2. The van der Waals surface area contributed by atoms with Crippen LogP contribution in [-0.2, 0) is 11.2 Å². The summed E-state index contributed by atoms with van der Waals surface area (Å²) >= 11 is 0. The first-order valence-electron chi connectivity index (χ1n) is 9.04. The quantitative estimate of drug-likeness (QED) is 0.831. The fourth-order valence-corrected chi connectivity index (χ4v) is 3.48. The van der Waals surface area contributed by atoms with Gasteiger partial charge in [-0.25, -0.2) is 0 Å². The van der Waals surface area contributed by atoms with Crippen molar-refractivity contribution < 1.29 is 9.59 Å². The molecule has 4 nitrogen and oxygen atoms in total. The fourth-order valence-electron chi connectivity index (χ4n) is 3.48. The summed E-state index contributed by atoms with van der Waals surface area (Å²) in [6.07, 6.45) is 2.90. The number of hydrogen-bond acceptors (Lipinski definition) is 3. The number of Topliss-reactive ketones (excluding diaryl/α,β-unsaturated/α-hetero) is 1. The van der Waals surface area contributed by atoms with Crippen LogP contribution >= 0.6 is 0 Å². The topological polar surface area (TPSA) is 61.2 Å². The Kier molecular flexibility index (Phi) is 5.80. The number of nitriles is 1. The first-order valence-corrected chi connectivity index (χ1v) is 9.04. The Bertz CT molecular complexity index is 824. The van der Waals surface area contributed by atoms with Gasteiger partial charge in [-0.15, -0.1) is 0 Å². The van der Waals surface area contributed by atoms with E-state index >= 15 is 0 Å². The van der Waals surface area contributed by atoms with Gasteiger partial charge in [-0.05, 0) is 37.0 Å². The van der Waals surface area contributed by atoms with Gasteiger partial charge in [0.1, 0.15) is 5.78 Å². The van der Waals surface area contributed by atoms with Crippen molar-refractivity contribution in [2.24, 2.45) is 5.92 Å². The summed E-state index contributed by atoms with van der Waals surface area (Å²) in [5, 5.41) is 9.21. The minimum absolute atomic E-state index is 0.106. The third-order valence-electron chi connectivity index (χ3n) is 4.94. The normalized spacial score (nSPS) is 16.7. The predicted molar refractivity (Wildman–Crippen MR) is 99.6 cm³/mol. The molecule has 1 atom stereocenters. The molecule has 1 fully saturated rings. The van der Waals surface area contributed by atoms with Crippen molar-refractivity contribution in [2.75, 3.05) is 13.1 Å². The van der Waals surface area contributed by atoms with Gasteiger partial charge in [-0.1, -0.05) is 42.5 Å². The zero-order valence-electron chi connectivity index (χ0n) is 14.7. The Labute approximate surface area is 154 Å². The molecule has 0 aliphatic carbocycles. The maximum atomic E-state index is 12.8. The van der Waals surface area contributed by atoms with Crippen LogP contribution in [0, 0.1) is 17.2 Å². The number of ketones is 1. The van der Waals surface area contributed by atoms with Crippen LogP contribution in [0.4, 0.5) is 0 Å². The number of hydrogen-bond donors (Lipinski definition) is 0. The van der Waals surface area contributed by atoms with Gasteiger partial charge in [0.05, 0.1) is 17.2 Å². The van der Waals surface area contributed by atoms with Gasteiger partial charge in [0.2, 0.25) is 0 Å². The molecule has 2 aromatic carbocycles. The molecule has 1 amide bonds. The van der Waals surface area contributed by atoms with E-state index in [1.54, 1.807) is 29.2 Å². The van der Waals surface area contributed by atoms with E-state index in [0.29, 0.717) is 30.6 Å². The molecule has 2 aromatic rings.